The van der Waals surface area contributed by atoms with E-state index in [-0.39, 0.29) is 5.91 Å². The molecule has 0 atom stereocenters. The minimum Gasteiger partial charge on any atom is -0.492 e. The van der Waals surface area contributed by atoms with Crippen LogP contribution in [0.4, 0.5) is 0 Å². The average molecular weight is 311 g/mol. The van der Waals surface area contributed by atoms with Gasteiger partial charge in [0, 0.05) is 12.5 Å². The van der Waals surface area contributed by atoms with Crippen LogP contribution in [0.1, 0.15) is 25.7 Å². The molecule has 18 heavy (non-hydrogen) atoms. The van der Waals surface area contributed by atoms with E-state index in [0.29, 0.717) is 33.8 Å². The number of hydrogen-bond donors (Lipinski definition) is 1. The summed E-state index contributed by atoms with van der Waals surface area (Å²) in [6, 6.07) is 3.14. The van der Waals surface area contributed by atoms with Gasteiger partial charge >= 0.3 is 0 Å². The molecule has 2 N–H and O–H groups in total. The van der Waals surface area contributed by atoms with Gasteiger partial charge in [0.15, 0.2) is 0 Å². The molecule has 100 valence electrons. The van der Waals surface area contributed by atoms with Crippen LogP contribution in [0, 0.1) is 0 Å². The molecule has 0 bridgehead atoms. The van der Waals surface area contributed by atoms with Crippen molar-refractivity contribution in [2.75, 3.05) is 6.61 Å². The van der Waals surface area contributed by atoms with Gasteiger partial charge in [0.1, 0.15) is 5.75 Å². The van der Waals surface area contributed by atoms with Gasteiger partial charge in [-0.25, -0.2) is 0 Å². The molecule has 1 aromatic rings. The van der Waals surface area contributed by atoms with E-state index in [2.05, 4.69) is 0 Å². The fraction of sp³-hybridized carbons (Fsp3) is 0.417. The standard InChI is InChI=1S/C12H14Cl3NO2/c13-8-6-10(15)11(7-9(8)14)18-5-3-1-2-4-12(16)17/h6-7H,1-5H2,(H2,16,17). The minimum atomic E-state index is -0.275. The Balaban J connectivity index is 2.31. The second-order valence-electron chi connectivity index (χ2n) is 3.82. The largest absolute Gasteiger partial charge is 0.492 e. The zero-order valence-electron chi connectivity index (χ0n) is 9.72. The van der Waals surface area contributed by atoms with Crippen LogP contribution in [0.3, 0.4) is 0 Å². The van der Waals surface area contributed by atoms with Crippen molar-refractivity contribution in [1.29, 1.82) is 0 Å². The molecule has 0 aromatic heterocycles. The fourth-order valence-electron chi connectivity index (χ4n) is 1.38. The van der Waals surface area contributed by atoms with E-state index in [1.165, 1.54) is 0 Å². The SMILES string of the molecule is NC(=O)CCCCCOc1cc(Cl)c(Cl)cc1Cl. The third-order valence-corrected chi connectivity index (χ3v) is 3.32. The maximum Gasteiger partial charge on any atom is 0.217 e. The molecule has 0 fully saturated rings. The third-order valence-electron chi connectivity index (χ3n) is 2.30. The van der Waals surface area contributed by atoms with E-state index in [0.717, 1.165) is 19.3 Å². The van der Waals surface area contributed by atoms with Crippen molar-refractivity contribution in [2.24, 2.45) is 5.73 Å². The van der Waals surface area contributed by atoms with Crippen molar-refractivity contribution in [3.05, 3.63) is 27.2 Å². The molecular weight excluding hydrogens is 296 g/mol. The van der Waals surface area contributed by atoms with Gasteiger partial charge < -0.3 is 10.5 Å². The van der Waals surface area contributed by atoms with Crippen molar-refractivity contribution >= 4 is 40.7 Å². The van der Waals surface area contributed by atoms with Crippen molar-refractivity contribution in [3.63, 3.8) is 0 Å². The first-order chi connectivity index (χ1) is 8.50. The third kappa shape index (κ3) is 5.34. The second-order valence-corrected chi connectivity index (χ2v) is 5.04. The number of unbranched alkanes of at least 4 members (excludes halogenated alkanes) is 2. The van der Waals surface area contributed by atoms with Gasteiger partial charge in [-0.05, 0) is 25.3 Å². The Morgan fingerprint density at radius 3 is 2.39 bits per heavy atom. The zero-order valence-corrected chi connectivity index (χ0v) is 12.0. The number of rotatable bonds is 7. The number of primary amides is 1. The van der Waals surface area contributed by atoms with Crippen molar-refractivity contribution < 1.29 is 9.53 Å². The highest BCUT2D eigenvalue weighted by Gasteiger charge is 2.06. The summed E-state index contributed by atoms with van der Waals surface area (Å²) < 4.78 is 5.49. The number of amides is 1. The van der Waals surface area contributed by atoms with E-state index < -0.39 is 0 Å². The highest BCUT2D eigenvalue weighted by Crippen LogP contribution is 2.33. The summed E-state index contributed by atoms with van der Waals surface area (Å²) in [7, 11) is 0. The first-order valence-electron chi connectivity index (χ1n) is 5.56. The van der Waals surface area contributed by atoms with Gasteiger partial charge in [0.25, 0.3) is 0 Å². The Hall–Kier alpha value is -0.640. The molecule has 0 aliphatic carbocycles. The summed E-state index contributed by atoms with van der Waals surface area (Å²) in [5.41, 5.74) is 5.03. The van der Waals surface area contributed by atoms with E-state index in [1.54, 1.807) is 12.1 Å². The second kappa shape index (κ2) is 7.72. The Labute approximate surface area is 121 Å². The molecule has 0 aliphatic rings. The van der Waals surface area contributed by atoms with Crippen LogP contribution in [-0.4, -0.2) is 12.5 Å². The first kappa shape index (κ1) is 15.4. The quantitative estimate of drug-likeness (QED) is 0.609. The van der Waals surface area contributed by atoms with Crippen LogP contribution < -0.4 is 10.5 Å². The maximum absolute atomic E-state index is 10.5. The Kier molecular flexibility index (Phi) is 6.61. The Morgan fingerprint density at radius 2 is 1.72 bits per heavy atom. The number of ether oxygens (including phenoxy) is 1. The summed E-state index contributed by atoms with van der Waals surface area (Å²) in [6.45, 7) is 0.510. The Bertz CT molecular complexity index is 424. The summed E-state index contributed by atoms with van der Waals surface area (Å²) >= 11 is 17.6. The molecule has 0 saturated heterocycles. The zero-order chi connectivity index (χ0) is 13.5. The van der Waals surface area contributed by atoms with Crippen LogP contribution in [0.25, 0.3) is 0 Å². The van der Waals surface area contributed by atoms with Gasteiger partial charge in [0.2, 0.25) is 5.91 Å². The molecule has 0 saturated carbocycles. The smallest absolute Gasteiger partial charge is 0.217 e. The fourth-order valence-corrected chi connectivity index (χ4v) is 1.97. The highest BCUT2D eigenvalue weighted by molar-refractivity contribution is 6.43. The van der Waals surface area contributed by atoms with Crippen LogP contribution >= 0.6 is 34.8 Å². The molecular formula is C12H14Cl3NO2. The normalized spacial score (nSPS) is 10.4. The lowest BCUT2D eigenvalue weighted by molar-refractivity contribution is -0.118. The number of hydrogen-bond acceptors (Lipinski definition) is 2. The molecule has 0 spiro atoms. The van der Waals surface area contributed by atoms with E-state index in [9.17, 15) is 4.79 Å². The predicted molar refractivity (Wildman–Crippen MR) is 74.6 cm³/mol. The monoisotopic (exact) mass is 309 g/mol. The van der Waals surface area contributed by atoms with Crippen molar-refractivity contribution in [3.8, 4) is 5.75 Å². The number of halogens is 3. The summed E-state index contributed by atoms with van der Waals surface area (Å²) in [6.07, 6.45) is 2.88. The van der Waals surface area contributed by atoms with E-state index in [1.807, 2.05) is 0 Å². The number of carbonyl (C=O) groups excluding carboxylic acids is 1. The summed E-state index contributed by atoms with van der Waals surface area (Å²) in [4.78, 5) is 10.5. The lowest BCUT2D eigenvalue weighted by atomic mass is 10.2. The number of benzene rings is 1. The van der Waals surface area contributed by atoms with Crippen LogP contribution in [-0.2, 0) is 4.79 Å². The number of carbonyl (C=O) groups is 1. The summed E-state index contributed by atoms with van der Waals surface area (Å²) in [5, 5.41) is 1.24. The predicted octanol–water partition coefficient (Wildman–Crippen LogP) is 4.07. The molecule has 0 radical (unpaired) electrons. The topological polar surface area (TPSA) is 52.3 Å². The molecule has 0 heterocycles. The molecule has 1 rings (SSSR count). The minimum absolute atomic E-state index is 0.275. The van der Waals surface area contributed by atoms with Gasteiger partial charge in [-0.1, -0.05) is 34.8 Å². The highest BCUT2D eigenvalue weighted by atomic mass is 35.5. The molecule has 6 heteroatoms. The van der Waals surface area contributed by atoms with Gasteiger partial charge in [0.05, 0.1) is 21.7 Å². The molecule has 0 unspecified atom stereocenters. The van der Waals surface area contributed by atoms with Crippen LogP contribution in [0.15, 0.2) is 12.1 Å². The molecule has 3 nitrogen and oxygen atoms in total. The molecule has 1 aromatic carbocycles. The van der Waals surface area contributed by atoms with E-state index >= 15 is 0 Å². The lowest BCUT2D eigenvalue weighted by Gasteiger charge is -2.09. The molecule has 1 amide bonds. The average Bonchev–Trinajstić information content (AvgIpc) is 2.29. The number of nitrogens with two attached hydrogens (primary N) is 1. The molecule has 0 aliphatic heterocycles. The van der Waals surface area contributed by atoms with Crippen molar-refractivity contribution in [2.45, 2.75) is 25.7 Å². The first-order valence-corrected chi connectivity index (χ1v) is 6.69. The van der Waals surface area contributed by atoms with Gasteiger partial charge in [-0.15, -0.1) is 0 Å². The maximum atomic E-state index is 10.5. The van der Waals surface area contributed by atoms with Gasteiger partial charge in [-0.2, -0.15) is 0 Å². The van der Waals surface area contributed by atoms with Gasteiger partial charge in [-0.3, -0.25) is 4.79 Å². The van der Waals surface area contributed by atoms with Crippen LogP contribution in [0.2, 0.25) is 15.1 Å². The van der Waals surface area contributed by atoms with Crippen LogP contribution in [0.5, 0.6) is 5.75 Å². The Morgan fingerprint density at radius 1 is 1.06 bits per heavy atom. The lowest BCUT2D eigenvalue weighted by Crippen LogP contribution is -2.09. The van der Waals surface area contributed by atoms with Crippen molar-refractivity contribution in [1.82, 2.24) is 0 Å². The van der Waals surface area contributed by atoms with E-state index in [4.69, 9.17) is 45.3 Å². The summed E-state index contributed by atoms with van der Waals surface area (Å²) in [5.74, 6) is 0.240.